The molecule has 0 heterocycles. The Morgan fingerprint density at radius 2 is 2.00 bits per heavy atom. The zero-order valence-corrected chi connectivity index (χ0v) is 8.38. The van der Waals surface area contributed by atoms with Crippen molar-refractivity contribution < 1.29 is 10.2 Å². The van der Waals surface area contributed by atoms with E-state index >= 15 is 0 Å². The van der Waals surface area contributed by atoms with Gasteiger partial charge < -0.3 is 21.3 Å². The Bertz CT molecular complexity index is 341. The van der Waals surface area contributed by atoms with Crippen LogP contribution in [-0.4, -0.2) is 23.2 Å². The number of benzene rings is 1. The number of guanidine groups is 1. The van der Waals surface area contributed by atoms with Crippen LogP contribution in [0.1, 0.15) is 0 Å². The zero-order chi connectivity index (χ0) is 9.84. The minimum Gasteiger partial charge on any atom is -0.504 e. The molecule has 0 fully saturated rings. The highest BCUT2D eigenvalue weighted by Crippen LogP contribution is 2.26. The second-order valence-electron chi connectivity index (χ2n) is 2.44. The Kier molecular flexibility index (Phi) is 4.58. The normalized spacial score (nSPS) is 10.5. The van der Waals surface area contributed by atoms with E-state index in [1.54, 1.807) is 13.1 Å². The van der Waals surface area contributed by atoms with Crippen LogP contribution in [0.5, 0.6) is 11.5 Å². The van der Waals surface area contributed by atoms with Crippen LogP contribution in [0.25, 0.3) is 0 Å². The summed E-state index contributed by atoms with van der Waals surface area (Å²) in [5, 5.41) is 20.8. The minimum absolute atomic E-state index is 0. The molecule has 0 aromatic heterocycles. The lowest BCUT2D eigenvalue weighted by atomic mass is 10.3. The Morgan fingerprint density at radius 3 is 2.50 bits per heavy atom. The van der Waals surface area contributed by atoms with Crippen LogP contribution in [0.3, 0.4) is 0 Å². The van der Waals surface area contributed by atoms with Crippen molar-refractivity contribution in [2.45, 2.75) is 0 Å². The topological polar surface area (TPSA) is 90.9 Å². The zero-order valence-electron chi connectivity index (χ0n) is 7.56. The minimum atomic E-state index is -0.200. The molecule has 6 heteroatoms. The number of phenols is 2. The standard InChI is InChI=1S/C8H11N3O2.ClH/c1-10-8(9)11-5-2-3-6(12)7(13)4-5;/h2-4,12-13H,1H3,(H3,9,10,11);1H. The number of nitrogens with one attached hydrogen (secondary N) is 1. The van der Waals surface area contributed by atoms with Gasteiger partial charge in [-0.2, -0.15) is 0 Å². The lowest BCUT2D eigenvalue weighted by molar-refractivity contribution is 0.404. The molecule has 0 unspecified atom stereocenters. The van der Waals surface area contributed by atoms with Crippen molar-refractivity contribution in [3.8, 4) is 11.5 Å². The van der Waals surface area contributed by atoms with Crippen LogP contribution in [0.2, 0.25) is 0 Å². The number of nitrogens with zero attached hydrogens (tertiary/aromatic N) is 1. The highest BCUT2D eigenvalue weighted by atomic mass is 35.5. The fraction of sp³-hybridized carbons (Fsp3) is 0.125. The van der Waals surface area contributed by atoms with Gasteiger partial charge in [-0.05, 0) is 12.1 Å². The first-order valence-electron chi connectivity index (χ1n) is 3.64. The van der Waals surface area contributed by atoms with Gasteiger partial charge in [0.15, 0.2) is 17.5 Å². The first kappa shape index (κ1) is 12.4. The average Bonchev–Trinajstić information content (AvgIpc) is 2.11. The van der Waals surface area contributed by atoms with Crippen LogP contribution in [0.15, 0.2) is 23.2 Å². The third-order valence-electron chi connectivity index (χ3n) is 1.49. The van der Waals surface area contributed by atoms with Crippen molar-refractivity contribution in [2.75, 3.05) is 12.4 Å². The van der Waals surface area contributed by atoms with Crippen molar-refractivity contribution in [3.05, 3.63) is 18.2 Å². The molecule has 78 valence electrons. The third kappa shape index (κ3) is 3.02. The smallest absolute Gasteiger partial charge is 0.192 e. The Hall–Kier alpha value is -1.62. The first-order valence-corrected chi connectivity index (χ1v) is 3.64. The maximum Gasteiger partial charge on any atom is 0.192 e. The predicted molar refractivity (Wildman–Crippen MR) is 58.2 cm³/mol. The summed E-state index contributed by atoms with van der Waals surface area (Å²) in [4.78, 5) is 3.68. The summed E-state index contributed by atoms with van der Waals surface area (Å²) in [5.41, 5.74) is 5.96. The van der Waals surface area contributed by atoms with Gasteiger partial charge in [-0.25, -0.2) is 0 Å². The van der Waals surface area contributed by atoms with Gasteiger partial charge in [-0.1, -0.05) is 0 Å². The van der Waals surface area contributed by atoms with E-state index in [1.807, 2.05) is 0 Å². The van der Waals surface area contributed by atoms with Crippen molar-refractivity contribution in [1.82, 2.24) is 0 Å². The number of aliphatic imine (C=N–C) groups is 1. The molecule has 0 saturated carbocycles. The number of hydrogen-bond donors (Lipinski definition) is 4. The summed E-state index contributed by atoms with van der Waals surface area (Å²) in [6.07, 6.45) is 0. The van der Waals surface area contributed by atoms with Gasteiger partial charge in [0, 0.05) is 18.8 Å². The van der Waals surface area contributed by atoms with Crippen molar-refractivity contribution in [1.29, 1.82) is 0 Å². The van der Waals surface area contributed by atoms with Gasteiger partial charge in [0.2, 0.25) is 0 Å². The quantitative estimate of drug-likeness (QED) is 0.243. The molecule has 5 nitrogen and oxygen atoms in total. The molecular formula is C8H12ClN3O2. The van der Waals surface area contributed by atoms with E-state index in [1.165, 1.54) is 12.1 Å². The number of nitrogens with two attached hydrogens (primary N) is 1. The molecule has 5 N–H and O–H groups in total. The highest BCUT2D eigenvalue weighted by Gasteiger charge is 2.00. The number of rotatable bonds is 1. The Morgan fingerprint density at radius 1 is 1.36 bits per heavy atom. The van der Waals surface area contributed by atoms with Crippen LogP contribution >= 0.6 is 12.4 Å². The van der Waals surface area contributed by atoms with E-state index in [-0.39, 0.29) is 29.9 Å². The lowest BCUT2D eigenvalue weighted by Gasteiger charge is -2.05. The van der Waals surface area contributed by atoms with E-state index in [0.717, 1.165) is 0 Å². The lowest BCUT2D eigenvalue weighted by Crippen LogP contribution is -2.21. The average molecular weight is 218 g/mol. The van der Waals surface area contributed by atoms with E-state index in [2.05, 4.69) is 10.3 Å². The second kappa shape index (κ2) is 5.18. The fourth-order valence-corrected chi connectivity index (χ4v) is 0.805. The maximum absolute atomic E-state index is 9.12. The molecule has 1 aromatic carbocycles. The molecule has 0 aliphatic rings. The number of hydrogen-bond acceptors (Lipinski definition) is 3. The molecule has 0 radical (unpaired) electrons. The molecule has 1 aromatic rings. The van der Waals surface area contributed by atoms with Gasteiger partial charge in [-0.15, -0.1) is 12.4 Å². The first-order chi connectivity index (χ1) is 6.13. The molecule has 0 aliphatic heterocycles. The van der Waals surface area contributed by atoms with E-state index < -0.39 is 0 Å². The monoisotopic (exact) mass is 217 g/mol. The van der Waals surface area contributed by atoms with Crippen LogP contribution in [-0.2, 0) is 0 Å². The number of phenolic OH excluding ortho intramolecular Hbond substituents is 2. The third-order valence-corrected chi connectivity index (χ3v) is 1.49. The largest absolute Gasteiger partial charge is 0.504 e. The van der Waals surface area contributed by atoms with Crippen LogP contribution < -0.4 is 11.1 Å². The molecule has 0 amide bonds. The summed E-state index contributed by atoms with van der Waals surface area (Å²) >= 11 is 0. The van der Waals surface area contributed by atoms with Gasteiger partial charge >= 0.3 is 0 Å². The number of halogens is 1. The maximum atomic E-state index is 9.12. The summed E-state index contributed by atoms with van der Waals surface area (Å²) in [5.74, 6) is -0.128. The van der Waals surface area contributed by atoms with Crippen molar-refractivity contribution in [3.63, 3.8) is 0 Å². The SMILES string of the molecule is CN=C(N)Nc1ccc(O)c(O)c1.Cl. The molecule has 14 heavy (non-hydrogen) atoms. The highest BCUT2D eigenvalue weighted by molar-refractivity contribution is 5.92. The van der Waals surface area contributed by atoms with Crippen LogP contribution in [0.4, 0.5) is 5.69 Å². The molecule has 0 atom stereocenters. The fourth-order valence-electron chi connectivity index (χ4n) is 0.805. The van der Waals surface area contributed by atoms with Gasteiger partial charge in [-0.3, -0.25) is 4.99 Å². The van der Waals surface area contributed by atoms with E-state index in [0.29, 0.717) is 5.69 Å². The molecular weight excluding hydrogens is 206 g/mol. The van der Waals surface area contributed by atoms with Gasteiger partial charge in [0.1, 0.15) is 0 Å². The second-order valence-corrected chi connectivity index (χ2v) is 2.44. The molecule has 0 spiro atoms. The Balaban J connectivity index is 0.00000169. The summed E-state index contributed by atoms with van der Waals surface area (Å²) in [7, 11) is 1.54. The summed E-state index contributed by atoms with van der Waals surface area (Å²) in [6, 6.07) is 4.29. The Labute approximate surface area is 87.7 Å². The van der Waals surface area contributed by atoms with E-state index in [4.69, 9.17) is 15.9 Å². The van der Waals surface area contributed by atoms with Gasteiger partial charge in [0.25, 0.3) is 0 Å². The predicted octanol–water partition coefficient (Wildman–Crippen LogP) is 0.876. The molecule has 0 saturated heterocycles. The van der Waals surface area contributed by atoms with Crippen molar-refractivity contribution >= 4 is 24.1 Å². The van der Waals surface area contributed by atoms with E-state index in [9.17, 15) is 0 Å². The summed E-state index contributed by atoms with van der Waals surface area (Å²) < 4.78 is 0. The van der Waals surface area contributed by atoms with Crippen molar-refractivity contribution in [2.24, 2.45) is 10.7 Å². The number of aromatic hydroxyl groups is 2. The molecule has 0 bridgehead atoms. The summed E-state index contributed by atoms with van der Waals surface area (Å²) in [6.45, 7) is 0. The molecule has 0 aliphatic carbocycles. The number of anilines is 1. The van der Waals surface area contributed by atoms with Gasteiger partial charge in [0.05, 0.1) is 0 Å². The molecule has 1 rings (SSSR count). The van der Waals surface area contributed by atoms with Crippen LogP contribution in [0, 0.1) is 0 Å².